The van der Waals surface area contributed by atoms with Crippen LogP contribution in [0.3, 0.4) is 0 Å². The number of fused-ring (bicyclic) bond motifs is 1. The first-order valence-corrected chi connectivity index (χ1v) is 10.2. The number of aromatic nitrogens is 2. The van der Waals surface area contributed by atoms with Gasteiger partial charge in [0.25, 0.3) is 5.91 Å². The van der Waals surface area contributed by atoms with Crippen molar-refractivity contribution in [3.05, 3.63) is 28.2 Å². The molecule has 11 heteroatoms. The minimum atomic E-state index is -0.867. The molecule has 0 aliphatic carbocycles. The normalized spacial score (nSPS) is 26.7. The Kier molecular flexibility index (Phi) is 6.06. The van der Waals surface area contributed by atoms with E-state index < -0.39 is 18.1 Å². The fourth-order valence-corrected chi connectivity index (χ4v) is 5.24. The predicted octanol–water partition coefficient (Wildman–Crippen LogP) is 3.17. The number of oxazole rings is 1. The number of thioether (sulfide) groups is 1. The van der Waals surface area contributed by atoms with E-state index in [1.807, 2.05) is 6.92 Å². The Morgan fingerprint density at radius 3 is 3.07 bits per heavy atom. The van der Waals surface area contributed by atoms with E-state index in [-0.39, 0.29) is 31.0 Å². The molecule has 2 aliphatic heterocycles. The third-order valence-electron chi connectivity index (χ3n) is 4.64. The third-order valence-corrected chi connectivity index (χ3v) is 6.60. The number of halogens is 1. The number of carbonyl (C=O) groups is 1. The topological polar surface area (TPSA) is 116 Å². The molecule has 1 fully saturated rings. The van der Waals surface area contributed by atoms with Crippen LogP contribution < -0.4 is 11.1 Å². The number of amidine groups is 1. The van der Waals surface area contributed by atoms with Crippen LogP contribution in [0.25, 0.3) is 0 Å². The van der Waals surface area contributed by atoms with Crippen LogP contribution in [-0.4, -0.2) is 39.5 Å². The Morgan fingerprint density at radius 1 is 1.50 bits per heavy atom. The zero-order valence-corrected chi connectivity index (χ0v) is 16.1. The van der Waals surface area contributed by atoms with E-state index in [0.717, 1.165) is 23.4 Å². The van der Waals surface area contributed by atoms with Crippen molar-refractivity contribution in [1.82, 2.24) is 9.97 Å². The molecular weight excluding hydrogens is 405 g/mol. The predicted molar refractivity (Wildman–Crippen MR) is 107 cm³/mol. The lowest BCUT2D eigenvalue weighted by molar-refractivity contribution is -0.0466. The zero-order valence-electron chi connectivity index (χ0n) is 14.5. The number of hydrogen-bond acceptors (Lipinski definition) is 9. The van der Waals surface area contributed by atoms with Gasteiger partial charge in [0.1, 0.15) is 22.6 Å². The van der Waals surface area contributed by atoms with Gasteiger partial charge in [-0.15, -0.1) is 11.3 Å². The standard InChI is InChI=1S/C16H18FN5O3S2.CH4/c1-8-2-9-5-27-15(18)22-16(9,7-25-8)14-21-11(6-26-14)20-13(23)10-4-24-12(3-17)19-10;/h4,6,8-9H,2-3,5,7H2,1H3,(H2,18,22)(H,20,23);1H4/t8-,9-,16-;/m0./s1. The van der Waals surface area contributed by atoms with Crippen molar-refractivity contribution in [2.45, 2.75) is 39.1 Å². The summed E-state index contributed by atoms with van der Waals surface area (Å²) in [5.41, 5.74) is 5.37. The molecule has 4 heterocycles. The number of nitrogens with zero attached hydrogens (tertiary/aromatic N) is 3. The van der Waals surface area contributed by atoms with E-state index in [9.17, 15) is 9.18 Å². The molecule has 0 aromatic carbocycles. The first kappa shape index (κ1) is 20.7. The second kappa shape index (κ2) is 8.18. The highest BCUT2D eigenvalue weighted by molar-refractivity contribution is 8.13. The van der Waals surface area contributed by atoms with Crippen molar-refractivity contribution in [3.63, 3.8) is 0 Å². The van der Waals surface area contributed by atoms with Gasteiger partial charge in [0.15, 0.2) is 17.5 Å². The molecule has 3 N–H and O–H groups in total. The van der Waals surface area contributed by atoms with Gasteiger partial charge in [0.2, 0.25) is 5.89 Å². The summed E-state index contributed by atoms with van der Waals surface area (Å²) in [7, 11) is 0. The van der Waals surface area contributed by atoms with Crippen LogP contribution in [0.4, 0.5) is 10.2 Å². The van der Waals surface area contributed by atoms with Crippen LogP contribution in [-0.2, 0) is 17.0 Å². The van der Waals surface area contributed by atoms with E-state index in [2.05, 4.69) is 15.3 Å². The lowest BCUT2D eigenvalue weighted by Crippen LogP contribution is -2.49. The summed E-state index contributed by atoms with van der Waals surface area (Å²) in [6.45, 7) is 1.59. The van der Waals surface area contributed by atoms with E-state index in [0.29, 0.717) is 17.6 Å². The van der Waals surface area contributed by atoms with E-state index in [1.165, 1.54) is 11.3 Å². The van der Waals surface area contributed by atoms with Gasteiger partial charge in [-0.05, 0) is 13.3 Å². The molecule has 2 aromatic rings. The van der Waals surface area contributed by atoms with Gasteiger partial charge in [0, 0.05) is 17.1 Å². The molecule has 1 saturated heterocycles. The highest BCUT2D eigenvalue weighted by Gasteiger charge is 2.49. The number of nitrogens with one attached hydrogen (secondary N) is 1. The maximum Gasteiger partial charge on any atom is 0.278 e. The largest absolute Gasteiger partial charge is 0.445 e. The minimum absolute atomic E-state index is 0. The van der Waals surface area contributed by atoms with Gasteiger partial charge < -0.3 is 20.2 Å². The summed E-state index contributed by atoms with van der Waals surface area (Å²) < 4.78 is 23.2. The lowest BCUT2D eigenvalue weighted by Gasteiger charge is -2.44. The summed E-state index contributed by atoms with van der Waals surface area (Å²) in [5, 5.41) is 5.67. The van der Waals surface area contributed by atoms with Crippen molar-refractivity contribution < 1.29 is 18.3 Å². The highest BCUT2D eigenvalue weighted by atomic mass is 32.2. The van der Waals surface area contributed by atoms with Gasteiger partial charge in [0.05, 0.1) is 12.7 Å². The smallest absolute Gasteiger partial charge is 0.278 e. The fraction of sp³-hybridized carbons (Fsp3) is 0.529. The van der Waals surface area contributed by atoms with Crippen molar-refractivity contribution in [1.29, 1.82) is 0 Å². The van der Waals surface area contributed by atoms with Crippen LogP contribution in [0.2, 0.25) is 0 Å². The quantitative estimate of drug-likeness (QED) is 0.770. The molecule has 2 aromatic heterocycles. The minimum Gasteiger partial charge on any atom is -0.445 e. The Bertz CT molecular complexity index is 886. The molecule has 0 radical (unpaired) electrons. The van der Waals surface area contributed by atoms with E-state index in [4.69, 9.17) is 19.9 Å². The van der Waals surface area contributed by atoms with Crippen molar-refractivity contribution in [3.8, 4) is 0 Å². The first-order valence-electron chi connectivity index (χ1n) is 8.37. The average Bonchev–Trinajstić information content (AvgIpc) is 3.31. The zero-order chi connectivity index (χ0) is 19.0. The summed E-state index contributed by atoms with van der Waals surface area (Å²) in [5.74, 6) is 0.841. The number of carbonyl (C=O) groups excluding carboxylic acids is 1. The molecule has 0 saturated carbocycles. The lowest BCUT2D eigenvalue weighted by atomic mass is 9.80. The number of hydrogen-bond donors (Lipinski definition) is 2. The number of thiazole rings is 1. The second-order valence-corrected chi connectivity index (χ2v) is 8.39. The number of ether oxygens (including phenoxy) is 1. The molecule has 4 rings (SSSR count). The molecule has 3 atom stereocenters. The second-order valence-electron chi connectivity index (χ2n) is 6.49. The van der Waals surface area contributed by atoms with E-state index in [1.54, 1.807) is 17.1 Å². The summed E-state index contributed by atoms with van der Waals surface area (Å²) in [6.07, 6.45) is 2.15. The number of aliphatic imine (C=N–C) groups is 1. The monoisotopic (exact) mass is 427 g/mol. The van der Waals surface area contributed by atoms with Gasteiger partial charge in [-0.1, -0.05) is 19.2 Å². The number of amides is 1. The number of rotatable bonds is 4. The molecule has 0 bridgehead atoms. The van der Waals surface area contributed by atoms with Gasteiger partial charge >= 0.3 is 0 Å². The molecular formula is C17H22FN5O3S2. The highest BCUT2D eigenvalue weighted by Crippen LogP contribution is 2.46. The summed E-state index contributed by atoms with van der Waals surface area (Å²) in [4.78, 5) is 25.3. The average molecular weight is 428 g/mol. The maximum absolute atomic E-state index is 12.5. The van der Waals surface area contributed by atoms with Crippen LogP contribution in [0.1, 0.15) is 42.2 Å². The molecule has 8 nitrogen and oxygen atoms in total. The third kappa shape index (κ3) is 3.78. The number of alkyl halides is 1. The SMILES string of the molecule is C.C[C@H]1C[C@H]2CSC(N)=N[C@@]2(c2nc(NC(=O)c3coc(CF)n3)cs2)CO1. The van der Waals surface area contributed by atoms with E-state index >= 15 is 0 Å². The van der Waals surface area contributed by atoms with Gasteiger partial charge in [-0.2, -0.15) is 0 Å². The maximum atomic E-state index is 12.5. The van der Waals surface area contributed by atoms with Crippen molar-refractivity contribution >= 4 is 40.0 Å². The summed E-state index contributed by atoms with van der Waals surface area (Å²) in [6, 6.07) is 0. The van der Waals surface area contributed by atoms with Crippen LogP contribution in [0, 0.1) is 5.92 Å². The Hall–Kier alpha value is -1.98. The molecule has 0 spiro atoms. The Balaban J connectivity index is 0.00000225. The first-order chi connectivity index (χ1) is 13.0. The van der Waals surface area contributed by atoms with Crippen molar-refractivity contribution in [2.75, 3.05) is 17.7 Å². The number of anilines is 1. The van der Waals surface area contributed by atoms with Crippen LogP contribution >= 0.6 is 23.1 Å². The summed E-state index contributed by atoms with van der Waals surface area (Å²) >= 11 is 2.95. The van der Waals surface area contributed by atoms with Gasteiger partial charge in [-0.3, -0.25) is 4.79 Å². The molecule has 28 heavy (non-hydrogen) atoms. The van der Waals surface area contributed by atoms with Crippen molar-refractivity contribution in [2.24, 2.45) is 16.6 Å². The Morgan fingerprint density at radius 2 is 2.32 bits per heavy atom. The fourth-order valence-electron chi connectivity index (χ4n) is 3.27. The van der Waals surface area contributed by atoms with Crippen LogP contribution in [0.15, 0.2) is 21.1 Å². The molecule has 152 valence electrons. The van der Waals surface area contributed by atoms with Gasteiger partial charge in [-0.25, -0.2) is 19.4 Å². The van der Waals surface area contributed by atoms with Crippen LogP contribution in [0.5, 0.6) is 0 Å². The molecule has 2 aliphatic rings. The molecule has 1 amide bonds. The Labute approximate surface area is 170 Å². The number of nitrogens with two attached hydrogens (primary N) is 1. The molecule has 0 unspecified atom stereocenters.